The Kier molecular flexibility index (Phi) is 12.5. The van der Waals surface area contributed by atoms with Gasteiger partial charge in [-0.05, 0) is 66.4 Å². The second-order valence-electron chi connectivity index (χ2n) is 11.2. The molecule has 0 aliphatic carbocycles. The van der Waals surface area contributed by atoms with Gasteiger partial charge in [0.2, 0.25) is 6.79 Å². The summed E-state index contributed by atoms with van der Waals surface area (Å²) in [4.78, 5) is 40.2. The minimum atomic E-state index is -1.08. The molecular formula is C35H43N3O9. The fourth-order valence-electron chi connectivity index (χ4n) is 5.19. The monoisotopic (exact) mass is 649 g/mol. The van der Waals surface area contributed by atoms with Gasteiger partial charge in [0.15, 0.2) is 11.5 Å². The summed E-state index contributed by atoms with van der Waals surface area (Å²) in [5.74, 6) is 1.37. The third kappa shape index (κ3) is 9.93. The second kappa shape index (κ2) is 17.0. The summed E-state index contributed by atoms with van der Waals surface area (Å²) in [5, 5.41) is 15.2. The number of carbonyl (C=O) groups is 3. The standard InChI is InChI=1S/C35H43N3O9/c1-5-6-7-27(36-34(41)37-30(19-33(39)40)26-12-17-31-32(18-26)47-22-46-31)21-45-35(42)38(20-24-8-13-28(43-3)14-9-24)23(2)25-10-15-29(44-4)16-11-25/h8-18,23,27,30H,5-7,19-22H2,1-4H3,(H,39,40)(H2,36,37,41)/t23?,27-,30-/m0/s1. The molecule has 0 saturated heterocycles. The van der Waals surface area contributed by atoms with Crippen molar-refractivity contribution < 1.29 is 43.2 Å². The molecule has 0 bridgehead atoms. The van der Waals surface area contributed by atoms with Crippen molar-refractivity contribution in [1.82, 2.24) is 15.5 Å². The summed E-state index contributed by atoms with van der Waals surface area (Å²) in [7, 11) is 3.19. The van der Waals surface area contributed by atoms with Crippen LogP contribution in [0.15, 0.2) is 66.7 Å². The minimum absolute atomic E-state index is 0.0739. The van der Waals surface area contributed by atoms with Crippen LogP contribution in [0, 0.1) is 0 Å². The molecule has 252 valence electrons. The number of fused-ring (bicyclic) bond motifs is 1. The van der Waals surface area contributed by atoms with Crippen LogP contribution >= 0.6 is 0 Å². The molecule has 3 atom stereocenters. The molecule has 4 rings (SSSR count). The normalized spacial score (nSPS) is 13.5. The zero-order valence-corrected chi connectivity index (χ0v) is 27.2. The van der Waals surface area contributed by atoms with Crippen molar-refractivity contribution >= 4 is 18.1 Å². The number of amides is 3. The van der Waals surface area contributed by atoms with Crippen LogP contribution in [0.3, 0.4) is 0 Å². The number of nitrogens with one attached hydrogen (secondary N) is 2. The van der Waals surface area contributed by atoms with Crippen molar-refractivity contribution in [2.24, 2.45) is 0 Å². The summed E-state index contributed by atoms with van der Waals surface area (Å²) >= 11 is 0. The number of hydrogen-bond donors (Lipinski definition) is 3. The Balaban J connectivity index is 1.46. The topological polar surface area (TPSA) is 145 Å². The van der Waals surface area contributed by atoms with Crippen molar-refractivity contribution in [2.75, 3.05) is 27.6 Å². The number of hydrogen-bond acceptors (Lipinski definition) is 8. The molecule has 0 saturated carbocycles. The van der Waals surface area contributed by atoms with Gasteiger partial charge in [-0.25, -0.2) is 9.59 Å². The first kappa shape index (κ1) is 34.7. The highest BCUT2D eigenvalue weighted by molar-refractivity contribution is 5.76. The number of methoxy groups -OCH3 is 2. The first-order chi connectivity index (χ1) is 22.7. The van der Waals surface area contributed by atoms with Gasteiger partial charge in [-0.1, -0.05) is 50.1 Å². The van der Waals surface area contributed by atoms with E-state index in [9.17, 15) is 19.5 Å². The van der Waals surface area contributed by atoms with Crippen LogP contribution in [0.1, 0.15) is 68.3 Å². The van der Waals surface area contributed by atoms with Crippen molar-refractivity contribution in [1.29, 1.82) is 0 Å². The number of rotatable bonds is 16. The quantitative estimate of drug-likeness (QED) is 0.165. The number of nitrogens with zero attached hydrogens (tertiary/aromatic N) is 1. The lowest BCUT2D eigenvalue weighted by Gasteiger charge is -2.30. The highest BCUT2D eigenvalue weighted by Gasteiger charge is 2.26. The number of benzene rings is 3. The van der Waals surface area contributed by atoms with Crippen LogP contribution < -0.4 is 29.6 Å². The summed E-state index contributed by atoms with van der Waals surface area (Å²) in [6.07, 6.45) is 1.31. The largest absolute Gasteiger partial charge is 0.497 e. The summed E-state index contributed by atoms with van der Waals surface area (Å²) in [6.45, 7) is 4.22. The molecule has 1 aliphatic heterocycles. The molecule has 1 heterocycles. The fraction of sp³-hybridized carbons (Fsp3) is 0.400. The van der Waals surface area contributed by atoms with E-state index in [4.69, 9.17) is 23.7 Å². The maximum Gasteiger partial charge on any atom is 0.410 e. The Morgan fingerprint density at radius 3 is 2.17 bits per heavy atom. The van der Waals surface area contributed by atoms with Crippen molar-refractivity contribution in [3.63, 3.8) is 0 Å². The lowest BCUT2D eigenvalue weighted by atomic mass is 10.0. The van der Waals surface area contributed by atoms with Crippen LogP contribution in [0.5, 0.6) is 23.0 Å². The molecule has 3 aromatic rings. The number of carboxylic acid groups (broad SMARTS) is 1. The molecular weight excluding hydrogens is 606 g/mol. The summed E-state index contributed by atoms with van der Waals surface area (Å²) in [6, 6.07) is 17.7. The lowest BCUT2D eigenvalue weighted by molar-refractivity contribution is -0.137. The third-order valence-corrected chi connectivity index (χ3v) is 7.94. The van der Waals surface area contributed by atoms with Crippen molar-refractivity contribution in [3.8, 4) is 23.0 Å². The summed E-state index contributed by atoms with van der Waals surface area (Å²) in [5.41, 5.74) is 2.34. The molecule has 1 unspecified atom stereocenters. The predicted molar refractivity (Wildman–Crippen MR) is 174 cm³/mol. The zero-order chi connectivity index (χ0) is 33.8. The van der Waals surface area contributed by atoms with Gasteiger partial charge >= 0.3 is 18.1 Å². The Hall–Kier alpha value is -5.13. The third-order valence-electron chi connectivity index (χ3n) is 7.94. The molecule has 12 heteroatoms. The van der Waals surface area contributed by atoms with E-state index in [1.54, 1.807) is 37.3 Å². The Morgan fingerprint density at radius 1 is 0.894 bits per heavy atom. The van der Waals surface area contributed by atoms with Crippen LogP contribution in [-0.4, -0.2) is 61.8 Å². The Labute approximate surface area is 274 Å². The fourth-order valence-corrected chi connectivity index (χ4v) is 5.19. The van der Waals surface area contributed by atoms with E-state index in [2.05, 4.69) is 10.6 Å². The minimum Gasteiger partial charge on any atom is -0.497 e. The second-order valence-corrected chi connectivity index (χ2v) is 11.2. The zero-order valence-electron chi connectivity index (χ0n) is 27.2. The van der Waals surface area contributed by atoms with Gasteiger partial charge in [-0.15, -0.1) is 0 Å². The first-order valence-electron chi connectivity index (χ1n) is 15.6. The van der Waals surface area contributed by atoms with E-state index in [1.807, 2.05) is 62.4 Å². The van der Waals surface area contributed by atoms with Gasteiger partial charge in [0, 0.05) is 6.54 Å². The molecule has 47 heavy (non-hydrogen) atoms. The van der Waals surface area contributed by atoms with E-state index in [-0.39, 0.29) is 32.4 Å². The first-order valence-corrected chi connectivity index (χ1v) is 15.6. The maximum atomic E-state index is 13.7. The van der Waals surface area contributed by atoms with Gasteiger partial charge in [0.1, 0.15) is 18.1 Å². The van der Waals surface area contributed by atoms with E-state index in [0.29, 0.717) is 35.0 Å². The van der Waals surface area contributed by atoms with E-state index in [0.717, 1.165) is 24.0 Å². The highest BCUT2D eigenvalue weighted by Crippen LogP contribution is 2.35. The van der Waals surface area contributed by atoms with E-state index < -0.39 is 30.2 Å². The predicted octanol–water partition coefficient (Wildman–Crippen LogP) is 6.21. The van der Waals surface area contributed by atoms with Gasteiger partial charge < -0.3 is 39.4 Å². The maximum absolute atomic E-state index is 13.7. The van der Waals surface area contributed by atoms with Crippen molar-refractivity contribution in [3.05, 3.63) is 83.4 Å². The highest BCUT2D eigenvalue weighted by atomic mass is 16.7. The van der Waals surface area contributed by atoms with Crippen LogP contribution in [0.2, 0.25) is 0 Å². The molecule has 0 fully saturated rings. The van der Waals surface area contributed by atoms with Crippen LogP contribution in [0.25, 0.3) is 0 Å². The average Bonchev–Trinajstić information content (AvgIpc) is 3.56. The van der Waals surface area contributed by atoms with E-state index >= 15 is 0 Å². The van der Waals surface area contributed by atoms with Gasteiger partial charge in [0.05, 0.1) is 38.8 Å². The molecule has 3 amide bonds. The Bertz CT molecular complexity index is 1480. The molecule has 1 aliphatic rings. The molecule has 3 aromatic carbocycles. The van der Waals surface area contributed by atoms with Crippen LogP contribution in [-0.2, 0) is 16.1 Å². The van der Waals surface area contributed by atoms with Gasteiger partial charge in [0.25, 0.3) is 0 Å². The molecule has 0 radical (unpaired) electrons. The molecule has 0 spiro atoms. The number of urea groups is 1. The van der Waals surface area contributed by atoms with E-state index in [1.165, 1.54) is 0 Å². The molecule has 3 N–H and O–H groups in total. The SMILES string of the molecule is CCCC[C@@H](COC(=O)N(Cc1ccc(OC)cc1)C(C)c1ccc(OC)cc1)NC(=O)N[C@@H](CC(=O)O)c1ccc2c(c1)OCO2. The number of unbranched alkanes of at least 4 members (excludes halogenated alkanes) is 1. The lowest BCUT2D eigenvalue weighted by Crippen LogP contribution is -2.46. The van der Waals surface area contributed by atoms with Crippen LogP contribution in [0.4, 0.5) is 9.59 Å². The molecule has 12 nitrogen and oxygen atoms in total. The number of carbonyl (C=O) groups excluding carboxylic acids is 2. The smallest absolute Gasteiger partial charge is 0.410 e. The summed E-state index contributed by atoms with van der Waals surface area (Å²) < 4.78 is 27.2. The Morgan fingerprint density at radius 2 is 1.53 bits per heavy atom. The average molecular weight is 650 g/mol. The van der Waals surface area contributed by atoms with Crippen molar-refractivity contribution in [2.45, 2.75) is 64.2 Å². The number of carboxylic acids is 1. The number of aliphatic carboxylic acids is 1. The van der Waals surface area contributed by atoms with Gasteiger partial charge in [-0.3, -0.25) is 9.69 Å². The van der Waals surface area contributed by atoms with Gasteiger partial charge in [-0.2, -0.15) is 0 Å². The number of ether oxygens (including phenoxy) is 5. The molecule has 0 aromatic heterocycles.